The molecule has 1 aromatic carbocycles. The fourth-order valence-electron chi connectivity index (χ4n) is 3.20. The first-order valence-electron chi connectivity index (χ1n) is 8.34. The van der Waals surface area contributed by atoms with Crippen LogP contribution in [0.4, 0.5) is 0 Å². The average Bonchev–Trinajstić information content (AvgIpc) is 2.96. The lowest BCUT2D eigenvalue weighted by molar-refractivity contribution is -0.141. The van der Waals surface area contributed by atoms with Crippen LogP contribution in [0.2, 0.25) is 0 Å². The van der Waals surface area contributed by atoms with E-state index in [-0.39, 0.29) is 29.4 Å². The van der Waals surface area contributed by atoms with Gasteiger partial charge in [0.05, 0.1) is 5.92 Å². The minimum atomic E-state index is -0.917. The van der Waals surface area contributed by atoms with E-state index in [2.05, 4.69) is 0 Å². The Bertz CT molecular complexity index is 753. The molecule has 0 spiro atoms. The van der Waals surface area contributed by atoms with Gasteiger partial charge in [-0.3, -0.25) is 9.59 Å². The van der Waals surface area contributed by atoms with Gasteiger partial charge in [-0.25, -0.2) is 0 Å². The van der Waals surface area contributed by atoms with Crippen LogP contribution in [0, 0.1) is 29.6 Å². The maximum Gasteiger partial charge on any atom is 0.308 e. The van der Waals surface area contributed by atoms with E-state index >= 15 is 0 Å². The van der Waals surface area contributed by atoms with Crippen molar-refractivity contribution in [1.82, 2.24) is 4.90 Å². The summed E-state index contributed by atoms with van der Waals surface area (Å²) in [4.78, 5) is 25.9. The van der Waals surface area contributed by atoms with Crippen molar-refractivity contribution in [3.63, 3.8) is 0 Å². The monoisotopic (exact) mass is 340 g/mol. The molecule has 1 heterocycles. The van der Waals surface area contributed by atoms with Crippen LogP contribution in [0.25, 0.3) is 0 Å². The van der Waals surface area contributed by atoms with Gasteiger partial charge >= 0.3 is 5.97 Å². The van der Waals surface area contributed by atoms with Crippen LogP contribution in [-0.2, 0) is 9.59 Å². The number of nitriles is 1. The Balaban J connectivity index is 2.31. The lowest BCUT2D eigenvalue weighted by atomic mass is 9.88. The first-order chi connectivity index (χ1) is 11.6. The second-order valence-corrected chi connectivity index (χ2v) is 7.71. The lowest BCUT2D eigenvalue weighted by Gasteiger charge is -2.18. The van der Waals surface area contributed by atoms with Gasteiger partial charge in [0.15, 0.2) is 0 Å². The van der Waals surface area contributed by atoms with Crippen LogP contribution in [0.1, 0.15) is 37.8 Å². The smallest absolute Gasteiger partial charge is 0.308 e. The van der Waals surface area contributed by atoms with Gasteiger partial charge in [-0.2, -0.15) is 5.26 Å². The summed E-state index contributed by atoms with van der Waals surface area (Å²) in [6.45, 7) is 8.13. The Hall–Kier alpha value is -2.61. The molecule has 2 atom stereocenters. The second kappa shape index (κ2) is 7.10. The number of hydrogen-bond donors (Lipinski definition) is 1. The largest absolute Gasteiger partial charge is 0.481 e. The molecule has 25 heavy (non-hydrogen) atoms. The third kappa shape index (κ3) is 4.48. The highest BCUT2D eigenvalue weighted by Crippen LogP contribution is 2.34. The molecule has 1 aliphatic rings. The van der Waals surface area contributed by atoms with Crippen LogP contribution in [0.3, 0.4) is 0 Å². The normalized spacial score (nSPS) is 21.1. The van der Waals surface area contributed by atoms with Crippen LogP contribution in [-0.4, -0.2) is 35.0 Å². The van der Waals surface area contributed by atoms with Crippen LogP contribution in [0.15, 0.2) is 35.9 Å². The summed E-state index contributed by atoms with van der Waals surface area (Å²) >= 11 is 0. The molecule has 1 aliphatic heterocycles. The lowest BCUT2D eigenvalue weighted by Crippen LogP contribution is -2.31. The number of carbonyl (C=O) groups is 2. The summed E-state index contributed by atoms with van der Waals surface area (Å²) in [5, 5.41) is 18.9. The molecule has 1 N–H and O–H groups in total. The summed E-state index contributed by atoms with van der Waals surface area (Å²) in [5.41, 5.74) is 1.74. The van der Waals surface area contributed by atoms with Crippen molar-refractivity contribution in [2.45, 2.75) is 33.6 Å². The van der Waals surface area contributed by atoms with Gasteiger partial charge in [-0.15, -0.1) is 0 Å². The number of hydrogen-bond acceptors (Lipinski definition) is 3. The van der Waals surface area contributed by atoms with Crippen molar-refractivity contribution in [1.29, 1.82) is 5.26 Å². The number of aryl methyl sites for hydroxylation is 1. The highest BCUT2D eigenvalue weighted by Gasteiger charge is 2.41. The van der Waals surface area contributed by atoms with Crippen molar-refractivity contribution in [3.8, 4) is 6.07 Å². The minimum absolute atomic E-state index is 0.0709. The summed E-state index contributed by atoms with van der Waals surface area (Å²) in [7, 11) is 0. The van der Waals surface area contributed by atoms with E-state index in [0.29, 0.717) is 6.54 Å². The molecule has 0 saturated carbocycles. The van der Waals surface area contributed by atoms with Gasteiger partial charge in [0.25, 0.3) is 5.91 Å². The summed E-state index contributed by atoms with van der Waals surface area (Å²) in [6.07, 6.45) is 1.64. The first kappa shape index (κ1) is 18.7. The summed E-state index contributed by atoms with van der Waals surface area (Å²) in [5.74, 6) is -2.24. The van der Waals surface area contributed by atoms with E-state index in [0.717, 1.165) is 11.1 Å². The molecule has 1 fully saturated rings. The number of benzene rings is 1. The topological polar surface area (TPSA) is 81.4 Å². The summed E-state index contributed by atoms with van der Waals surface area (Å²) in [6, 6.07) is 9.68. The van der Waals surface area contributed by atoms with Crippen LogP contribution >= 0.6 is 0 Å². The molecule has 0 bridgehead atoms. The second-order valence-electron chi connectivity index (χ2n) is 7.71. The molecule has 5 heteroatoms. The van der Waals surface area contributed by atoms with Crippen molar-refractivity contribution >= 4 is 11.9 Å². The van der Waals surface area contributed by atoms with Gasteiger partial charge in [0.2, 0.25) is 0 Å². The number of aliphatic carboxylic acids is 1. The standard InChI is InChI=1S/C20H24N2O3/c1-13-6-5-7-14(8-13)16-11-22(12-17(16)19(24)25)18(23)15(10-21)9-20(2,3)4/h5-9,16-17H,11-12H2,1-4H3,(H,24,25)/b15-9+. The summed E-state index contributed by atoms with van der Waals surface area (Å²) < 4.78 is 0. The average molecular weight is 340 g/mol. The number of carboxylic acid groups (broad SMARTS) is 1. The number of nitrogens with zero attached hydrogens (tertiary/aromatic N) is 2. The minimum Gasteiger partial charge on any atom is -0.481 e. The molecule has 1 aromatic rings. The van der Waals surface area contributed by atoms with E-state index in [4.69, 9.17) is 0 Å². The fourth-order valence-corrected chi connectivity index (χ4v) is 3.20. The van der Waals surface area contributed by atoms with Crippen molar-refractivity contribution in [2.75, 3.05) is 13.1 Å². The van der Waals surface area contributed by atoms with Crippen molar-refractivity contribution in [3.05, 3.63) is 47.0 Å². The Kier molecular flexibility index (Phi) is 5.32. The zero-order chi connectivity index (χ0) is 18.8. The molecule has 0 aliphatic carbocycles. The third-order valence-electron chi connectivity index (χ3n) is 4.32. The molecule has 5 nitrogen and oxygen atoms in total. The number of amides is 1. The van der Waals surface area contributed by atoms with Gasteiger partial charge in [0.1, 0.15) is 11.6 Å². The zero-order valence-corrected chi connectivity index (χ0v) is 15.1. The quantitative estimate of drug-likeness (QED) is 0.677. The van der Waals surface area contributed by atoms with Crippen molar-refractivity contribution in [2.24, 2.45) is 11.3 Å². The molecule has 0 radical (unpaired) electrons. The number of carboxylic acids is 1. The van der Waals surface area contributed by atoms with E-state index in [9.17, 15) is 20.0 Å². The van der Waals surface area contributed by atoms with E-state index in [1.807, 2.05) is 58.0 Å². The zero-order valence-electron chi connectivity index (χ0n) is 15.1. The predicted octanol–water partition coefficient (Wildman–Crippen LogP) is 3.12. The maximum absolute atomic E-state index is 12.7. The van der Waals surface area contributed by atoms with Crippen LogP contribution < -0.4 is 0 Å². The molecule has 1 saturated heterocycles. The Morgan fingerprint density at radius 2 is 2.00 bits per heavy atom. The fraction of sp³-hybridized carbons (Fsp3) is 0.450. The maximum atomic E-state index is 12.7. The van der Waals surface area contributed by atoms with Crippen molar-refractivity contribution < 1.29 is 14.7 Å². The Labute approximate surface area is 148 Å². The highest BCUT2D eigenvalue weighted by molar-refractivity contribution is 5.98. The third-order valence-corrected chi connectivity index (χ3v) is 4.32. The molecule has 2 rings (SSSR count). The highest BCUT2D eigenvalue weighted by atomic mass is 16.4. The molecule has 0 aromatic heterocycles. The van der Waals surface area contributed by atoms with Crippen LogP contribution in [0.5, 0.6) is 0 Å². The van der Waals surface area contributed by atoms with Gasteiger partial charge in [-0.05, 0) is 17.9 Å². The van der Waals surface area contributed by atoms with Gasteiger partial charge in [0, 0.05) is 19.0 Å². The Morgan fingerprint density at radius 3 is 2.52 bits per heavy atom. The molecular weight excluding hydrogens is 316 g/mol. The van der Waals surface area contributed by atoms with E-state index < -0.39 is 11.9 Å². The number of likely N-dealkylation sites (tertiary alicyclic amines) is 1. The van der Waals surface area contributed by atoms with Gasteiger partial charge < -0.3 is 10.0 Å². The number of rotatable bonds is 3. The predicted molar refractivity (Wildman–Crippen MR) is 94.8 cm³/mol. The molecule has 1 amide bonds. The van der Waals surface area contributed by atoms with E-state index in [1.165, 1.54) is 4.90 Å². The first-order valence-corrected chi connectivity index (χ1v) is 8.34. The van der Waals surface area contributed by atoms with E-state index in [1.54, 1.807) is 6.08 Å². The molecule has 2 unspecified atom stereocenters. The Morgan fingerprint density at radius 1 is 1.32 bits per heavy atom. The number of carbonyl (C=O) groups excluding carboxylic acids is 1. The number of allylic oxidation sites excluding steroid dienone is 1. The molecule has 132 valence electrons. The molecular formula is C20H24N2O3. The van der Waals surface area contributed by atoms with Gasteiger partial charge in [-0.1, -0.05) is 56.7 Å². The SMILES string of the molecule is Cc1cccc(C2CN(C(=O)/C(C#N)=C/C(C)(C)C)CC2C(=O)O)c1.